The molecule has 23 heavy (non-hydrogen) atoms. The summed E-state index contributed by atoms with van der Waals surface area (Å²) in [6, 6.07) is 8.31. The van der Waals surface area contributed by atoms with Crippen LogP contribution in [0.4, 0.5) is 0 Å². The Bertz CT molecular complexity index is 520. The molecule has 0 aliphatic carbocycles. The number of para-hydroxylation sites is 1. The molecule has 1 unspecified atom stereocenters. The number of nitrogens with zero attached hydrogens (tertiary/aromatic N) is 2. The SMILES string of the molecule is COc1ccccc1CC(=O)N1CCC(N2CCNCC2)C1.Cl. The van der Waals surface area contributed by atoms with E-state index in [1.807, 2.05) is 29.2 Å². The first-order valence-corrected chi connectivity index (χ1v) is 8.12. The van der Waals surface area contributed by atoms with E-state index in [9.17, 15) is 4.79 Å². The average molecular weight is 340 g/mol. The van der Waals surface area contributed by atoms with Gasteiger partial charge in [-0.25, -0.2) is 0 Å². The molecule has 0 saturated carbocycles. The molecule has 2 fully saturated rings. The molecule has 2 aliphatic heterocycles. The molecule has 1 N–H and O–H groups in total. The van der Waals surface area contributed by atoms with Crippen LogP contribution in [0, 0.1) is 0 Å². The van der Waals surface area contributed by atoms with Crippen LogP contribution in [0.15, 0.2) is 24.3 Å². The van der Waals surface area contributed by atoms with Crippen molar-refractivity contribution in [3.05, 3.63) is 29.8 Å². The van der Waals surface area contributed by atoms with E-state index in [0.29, 0.717) is 12.5 Å². The molecule has 1 amide bonds. The number of ether oxygens (including phenoxy) is 1. The maximum atomic E-state index is 12.6. The Balaban J connectivity index is 0.00000192. The molecule has 6 heteroatoms. The minimum absolute atomic E-state index is 0. The lowest BCUT2D eigenvalue weighted by Crippen LogP contribution is -2.49. The minimum Gasteiger partial charge on any atom is -0.496 e. The molecule has 2 heterocycles. The van der Waals surface area contributed by atoms with E-state index >= 15 is 0 Å². The zero-order chi connectivity index (χ0) is 15.4. The fraction of sp³-hybridized carbons (Fsp3) is 0.588. The van der Waals surface area contributed by atoms with Gasteiger partial charge < -0.3 is 15.0 Å². The van der Waals surface area contributed by atoms with E-state index in [1.165, 1.54) is 0 Å². The number of carbonyl (C=O) groups excluding carboxylic acids is 1. The molecule has 1 aromatic carbocycles. The summed E-state index contributed by atoms with van der Waals surface area (Å²) in [4.78, 5) is 17.1. The Morgan fingerprint density at radius 1 is 1.26 bits per heavy atom. The molecule has 0 radical (unpaired) electrons. The van der Waals surface area contributed by atoms with Gasteiger partial charge in [0.15, 0.2) is 0 Å². The third-order valence-electron chi connectivity index (χ3n) is 4.72. The van der Waals surface area contributed by atoms with E-state index in [0.717, 1.165) is 57.0 Å². The molecule has 0 aromatic heterocycles. The molecule has 5 nitrogen and oxygen atoms in total. The first-order valence-electron chi connectivity index (χ1n) is 8.12. The first-order chi connectivity index (χ1) is 10.8. The fourth-order valence-corrected chi connectivity index (χ4v) is 3.44. The van der Waals surface area contributed by atoms with Crippen molar-refractivity contribution in [2.24, 2.45) is 0 Å². The Kier molecular flexibility index (Phi) is 6.69. The number of benzene rings is 1. The minimum atomic E-state index is 0. The number of nitrogens with one attached hydrogen (secondary N) is 1. The molecule has 128 valence electrons. The molecular formula is C17H26ClN3O2. The summed E-state index contributed by atoms with van der Waals surface area (Å²) in [7, 11) is 1.65. The number of rotatable bonds is 4. The Labute approximate surface area is 144 Å². The number of hydrogen-bond donors (Lipinski definition) is 1. The normalized spacial score (nSPS) is 21.8. The molecule has 2 aliphatic rings. The van der Waals surface area contributed by atoms with Crippen molar-refractivity contribution in [3.8, 4) is 5.75 Å². The summed E-state index contributed by atoms with van der Waals surface area (Å²) in [6.07, 6.45) is 1.52. The Morgan fingerprint density at radius 3 is 2.74 bits per heavy atom. The number of halogens is 1. The highest BCUT2D eigenvalue weighted by molar-refractivity contribution is 5.85. The van der Waals surface area contributed by atoms with Gasteiger partial charge in [-0.3, -0.25) is 9.69 Å². The lowest BCUT2D eigenvalue weighted by molar-refractivity contribution is -0.129. The molecule has 1 aromatic rings. The van der Waals surface area contributed by atoms with Crippen LogP contribution >= 0.6 is 12.4 Å². The number of amides is 1. The average Bonchev–Trinajstić information content (AvgIpc) is 3.06. The van der Waals surface area contributed by atoms with E-state index < -0.39 is 0 Å². The summed E-state index contributed by atoms with van der Waals surface area (Å²) >= 11 is 0. The van der Waals surface area contributed by atoms with E-state index in [2.05, 4.69) is 10.2 Å². The van der Waals surface area contributed by atoms with Crippen LogP contribution in [-0.2, 0) is 11.2 Å². The second-order valence-electron chi connectivity index (χ2n) is 6.06. The molecule has 0 bridgehead atoms. The summed E-state index contributed by atoms with van der Waals surface area (Å²) < 4.78 is 5.34. The van der Waals surface area contributed by atoms with Crippen molar-refractivity contribution in [3.63, 3.8) is 0 Å². The number of carbonyl (C=O) groups is 1. The van der Waals surface area contributed by atoms with Gasteiger partial charge in [0.25, 0.3) is 0 Å². The summed E-state index contributed by atoms with van der Waals surface area (Å²) in [5.74, 6) is 1.01. The number of likely N-dealkylation sites (tertiary alicyclic amines) is 1. The van der Waals surface area contributed by atoms with Crippen LogP contribution in [0.5, 0.6) is 5.75 Å². The van der Waals surface area contributed by atoms with Crippen molar-refractivity contribution in [1.29, 1.82) is 0 Å². The van der Waals surface area contributed by atoms with Gasteiger partial charge in [0.1, 0.15) is 5.75 Å². The quantitative estimate of drug-likeness (QED) is 0.894. The van der Waals surface area contributed by atoms with Crippen molar-refractivity contribution in [1.82, 2.24) is 15.1 Å². The van der Waals surface area contributed by atoms with Crippen LogP contribution in [0.2, 0.25) is 0 Å². The number of piperazine rings is 1. The lowest BCUT2D eigenvalue weighted by atomic mass is 10.1. The second-order valence-corrected chi connectivity index (χ2v) is 6.06. The molecular weight excluding hydrogens is 314 g/mol. The third kappa shape index (κ3) is 4.37. The predicted molar refractivity (Wildman–Crippen MR) is 93.4 cm³/mol. The van der Waals surface area contributed by atoms with Crippen LogP contribution in [0.1, 0.15) is 12.0 Å². The van der Waals surface area contributed by atoms with Crippen molar-refractivity contribution in [2.45, 2.75) is 18.9 Å². The lowest BCUT2D eigenvalue weighted by Gasteiger charge is -2.32. The predicted octanol–water partition coefficient (Wildman–Crippen LogP) is 1.17. The maximum absolute atomic E-state index is 12.6. The fourth-order valence-electron chi connectivity index (χ4n) is 3.44. The van der Waals surface area contributed by atoms with E-state index in [4.69, 9.17) is 4.74 Å². The van der Waals surface area contributed by atoms with Crippen LogP contribution in [0.25, 0.3) is 0 Å². The number of methoxy groups -OCH3 is 1. The largest absolute Gasteiger partial charge is 0.496 e. The summed E-state index contributed by atoms with van der Waals surface area (Å²) in [5, 5.41) is 3.38. The van der Waals surface area contributed by atoms with Crippen LogP contribution < -0.4 is 10.1 Å². The molecule has 0 spiro atoms. The molecule has 1 atom stereocenters. The first kappa shape index (κ1) is 18.0. The molecule has 3 rings (SSSR count). The van der Waals surface area contributed by atoms with Gasteiger partial charge in [-0.05, 0) is 12.5 Å². The maximum Gasteiger partial charge on any atom is 0.227 e. The van der Waals surface area contributed by atoms with Gasteiger partial charge in [0.05, 0.1) is 13.5 Å². The Hall–Kier alpha value is -1.30. The highest BCUT2D eigenvalue weighted by Crippen LogP contribution is 2.21. The van der Waals surface area contributed by atoms with Crippen molar-refractivity contribution in [2.75, 3.05) is 46.4 Å². The topological polar surface area (TPSA) is 44.8 Å². The van der Waals surface area contributed by atoms with Gasteiger partial charge in [-0.1, -0.05) is 18.2 Å². The molecule has 2 saturated heterocycles. The van der Waals surface area contributed by atoms with Gasteiger partial charge in [-0.2, -0.15) is 0 Å². The zero-order valence-corrected chi connectivity index (χ0v) is 14.5. The monoisotopic (exact) mass is 339 g/mol. The second kappa shape index (κ2) is 8.52. The van der Waals surface area contributed by atoms with E-state index in [-0.39, 0.29) is 18.3 Å². The van der Waals surface area contributed by atoms with Crippen LogP contribution in [0.3, 0.4) is 0 Å². The van der Waals surface area contributed by atoms with Gasteiger partial charge in [0.2, 0.25) is 5.91 Å². The highest BCUT2D eigenvalue weighted by Gasteiger charge is 2.30. The zero-order valence-electron chi connectivity index (χ0n) is 13.7. The smallest absolute Gasteiger partial charge is 0.227 e. The van der Waals surface area contributed by atoms with Gasteiger partial charge in [0, 0.05) is 50.9 Å². The summed E-state index contributed by atoms with van der Waals surface area (Å²) in [5.41, 5.74) is 0.973. The van der Waals surface area contributed by atoms with E-state index in [1.54, 1.807) is 7.11 Å². The van der Waals surface area contributed by atoms with Gasteiger partial charge >= 0.3 is 0 Å². The standard InChI is InChI=1S/C17H25N3O2.ClH/c1-22-16-5-3-2-4-14(16)12-17(21)20-9-6-15(13-20)19-10-7-18-8-11-19;/h2-5,15,18H,6-13H2,1H3;1H. The van der Waals surface area contributed by atoms with Crippen molar-refractivity contribution >= 4 is 18.3 Å². The highest BCUT2D eigenvalue weighted by atomic mass is 35.5. The van der Waals surface area contributed by atoms with Gasteiger partial charge in [-0.15, -0.1) is 12.4 Å². The summed E-state index contributed by atoms with van der Waals surface area (Å²) in [6.45, 7) is 6.06. The Morgan fingerprint density at radius 2 is 2.00 bits per heavy atom. The van der Waals surface area contributed by atoms with Crippen molar-refractivity contribution < 1.29 is 9.53 Å². The third-order valence-corrected chi connectivity index (χ3v) is 4.72. The number of hydrogen-bond acceptors (Lipinski definition) is 4. The van der Waals surface area contributed by atoms with Crippen LogP contribution in [-0.4, -0.2) is 68.1 Å².